The fourth-order valence-corrected chi connectivity index (χ4v) is 8.53. The number of hydrogen-bond acceptors (Lipinski definition) is 5. The second-order valence-electron chi connectivity index (χ2n) is 14.7. The predicted molar refractivity (Wildman–Crippen MR) is 236 cm³/mol. The van der Waals surface area contributed by atoms with Gasteiger partial charge in [0.1, 0.15) is 11.2 Å². The van der Waals surface area contributed by atoms with Gasteiger partial charge >= 0.3 is 0 Å². The minimum absolute atomic E-state index is 0.545. The summed E-state index contributed by atoms with van der Waals surface area (Å²) in [4.78, 5) is 19.6. The predicted octanol–water partition coefficient (Wildman–Crippen LogP) is 13.2. The maximum atomic E-state index is 6.40. The molecule has 0 atom stereocenters. The van der Waals surface area contributed by atoms with Gasteiger partial charge in [-0.1, -0.05) is 133 Å². The lowest BCUT2D eigenvalue weighted by Crippen LogP contribution is -2.00. The van der Waals surface area contributed by atoms with Crippen molar-refractivity contribution in [2.75, 3.05) is 0 Å². The number of nitrogens with zero attached hydrogens (tertiary/aromatic N) is 5. The Kier molecular flexibility index (Phi) is 7.13. The summed E-state index contributed by atoms with van der Waals surface area (Å²) in [5.74, 6) is 1.73. The lowest BCUT2D eigenvalue weighted by atomic mass is 10.0. The number of furan rings is 1. The molecule has 8 aromatic carbocycles. The summed E-state index contributed by atoms with van der Waals surface area (Å²) < 4.78 is 8.77. The number of fused-ring (bicyclic) bond motifs is 9. The van der Waals surface area contributed by atoms with E-state index >= 15 is 0 Å². The Balaban J connectivity index is 0.943. The zero-order chi connectivity index (χ0) is 38.2. The molecular weight excluding hydrogens is 711 g/mol. The van der Waals surface area contributed by atoms with E-state index in [9.17, 15) is 0 Å². The van der Waals surface area contributed by atoms with E-state index in [1.165, 1.54) is 32.6 Å². The lowest BCUT2D eigenvalue weighted by Gasteiger charge is -2.11. The van der Waals surface area contributed by atoms with Crippen LogP contribution >= 0.6 is 0 Å². The smallest absolute Gasteiger partial charge is 0.167 e. The molecule has 0 aliphatic rings. The Morgan fingerprint density at radius 1 is 0.414 bits per heavy atom. The summed E-state index contributed by atoms with van der Waals surface area (Å²) in [6, 6.07) is 61.7. The van der Waals surface area contributed by atoms with Crippen LogP contribution in [-0.2, 0) is 0 Å². The molecule has 0 saturated carbocycles. The van der Waals surface area contributed by atoms with Crippen molar-refractivity contribution in [3.8, 4) is 51.0 Å². The van der Waals surface area contributed by atoms with Crippen LogP contribution in [0, 0.1) is 0 Å². The van der Waals surface area contributed by atoms with Gasteiger partial charge < -0.3 is 8.98 Å². The van der Waals surface area contributed by atoms with E-state index in [4.69, 9.17) is 19.4 Å². The summed E-state index contributed by atoms with van der Waals surface area (Å²) in [6.45, 7) is 0. The molecule has 270 valence electrons. The van der Waals surface area contributed by atoms with E-state index in [-0.39, 0.29) is 0 Å². The van der Waals surface area contributed by atoms with Crippen LogP contribution in [0.25, 0.3) is 116 Å². The van der Waals surface area contributed by atoms with Crippen LogP contribution in [0.3, 0.4) is 0 Å². The molecule has 0 bridgehead atoms. The minimum atomic E-state index is 0.545. The van der Waals surface area contributed by atoms with E-state index in [0.29, 0.717) is 17.5 Å². The molecule has 0 aliphatic carbocycles. The fourth-order valence-electron chi connectivity index (χ4n) is 8.53. The van der Waals surface area contributed by atoms with Gasteiger partial charge in [-0.25, -0.2) is 15.0 Å². The first kappa shape index (κ1) is 32.3. The number of para-hydroxylation sites is 2. The van der Waals surface area contributed by atoms with Crippen LogP contribution in [0.2, 0.25) is 0 Å². The minimum Gasteiger partial charge on any atom is -0.455 e. The third-order valence-electron chi connectivity index (χ3n) is 11.3. The summed E-state index contributed by atoms with van der Waals surface area (Å²) in [7, 11) is 0. The topological polar surface area (TPSA) is 69.6 Å². The lowest BCUT2D eigenvalue weighted by molar-refractivity contribution is 0.669. The normalized spacial score (nSPS) is 11.8. The van der Waals surface area contributed by atoms with E-state index in [2.05, 4.69) is 167 Å². The molecular formula is C52H31N5O. The molecule has 12 aromatic rings. The molecule has 0 fully saturated rings. The zero-order valence-corrected chi connectivity index (χ0v) is 31.0. The number of benzene rings is 8. The highest BCUT2D eigenvalue weighted by atomic mass is 16.3. The first-order chi connectivity index (χ1) is 28.7. The van der Waals surface area contributed by atoms with Crippen molar-refractivity contribution in [3.05, 3.63) is 188 Å². The molecule has 0 radical (unpaired) electrons. The Morgan fingerprint density at radius 3 is 1.90 bits per heavy atom. The first-order valence-corrected chi connectivity index (χ1v) is 19.4. The maximum Gasteiger partial charge on any atom is 0.167 e. The van der Waals surface area contributed by atoms with E-state index < -0.39 is 0 Å². The van der Waals surface area contributed by atoms with Crippen molar-refractivity contribution in [3.63, 3.8) is 0 Å². The zero-order valence-electron chi connectivity index (χ0n) is 31.0. The van der Waals surface area contributed by atoms with Gasteiger partial charge in [0.15, 0.2) is 17.5 Å². The van der Waals surface area contributed by atoms with Gasteiger partial charge in [-0.2, -0.15) is 0 Å². The number of aromatic nitrogens is 5. The van der Waals surface area contributed by atoms with Gasteiger partial charge in [0.2, 0.25) is 0 Å². The van der Waals surface area contributed by atoms with Gasteiger partial charge in [0.05, 0.1) is 16.6 Å². The Morgan fingerprint density at radius 2 is 1.05 bits per heavy atom. The molecule has 4 aromatic heterocycles. The van der Waals surface area contributed by atoms with Crippen LogP contribution in [0.5, 0.6) is 0 Å². The molecule has 0 aliphatic heterocycles. The highest BCUT2D eigenvalue weighted by molar-refractivity contribution is 6.21. The van der Waals surface area contributed by atoms with E-state index in [1.54, 1.807) is 6.20 Å². The summed E-state index contributed by atoms with van der Waals surface area (Å²) >= 11 is 0. The second kappa shape index (κ2) is 12.8. The van der Waals surface area contributed by atoms with Crippen LogP contribution in [0.1, 0.15) is 0 Å². The van der Waals surface area contributed by atoms with Crippen molar-refractivity contribution >= 4 is 65.3 Å². The summed E-state index contributed by atoms with van der Waals surface area (Å²) in [5.41, 5.74) is 9.85. The Bertz CT molecular complexity index is 3570. The Labute approximate surface area is 332 Å². The molecule has 4 heterocycles. The molecule has 0 amide bonds. The average molecular weight is 742 g/mol. The molecule has 58 heavy (non-hydrogen) atoms. The first-order valence-electron chi connectivity index (χ1n) is 19.4. The fraction of sp³-hybridized carbons (Fsp3) is 0. The van der Waals surface area contributed by atoms with Crippen molar-refractivity contribution in [1.29, 1.82) is 0 Å². The number of hydrogen-bond donors (Lipinski definition) is 0. The molecule has 0 unspecified atom stereocenters. The van der Waals surface area contributed by atoms with Crippen LogP contribution < -0.4 is 0 Å². The van der Waals surface area contributed by atoms with Crippen molar-refractivity contribution < 1.29 is 4.42 Å². The standard InChI is InChI=1S/C52H31N5O/c1-2-10-37-30-38(21-18-32(37)8-1)51-54-50(55-52(56-51)43-14-7-13-41-44-31-53-29-28-47(44)58-49(41)43)36-19-16-33(17-20-36)34-22-25-39(26-23-34)57-45-15-6-5-12-42(45)48-40-11-4-3-9-35(40)24-27-46(48)57/h1-31H. The van der Waals surface area contributed by atoms with E-state index in [0.717, 1.165) is 66.2 Å². The van der Waals surface area contributed by atoms with Crippen LogP contribution in [0.4, 0.5) is 0 Å². The maximum absolute atomic E-state index is 6.40. The number of pyridine rings is 1. The molecule has 0 saturated heterocycles. The third-order valence-corrected chi connectivity index (χ3v) is 11.3. The van der Waals surface area contributed by atoms with Crippen molar-refractivity contribution in [1.82, 2.24) is 24.5 Å². The average Bonchev–Trinajstić information content (AvgIpc) is 3.85. The van der Waals surface area contributed by atoms with Gasteiger partial charge in [-0.15, -0.1) is 0 Å². The highest BCUT2D eigenvalue weighted by Gasteiger charge is 2.19. The second-order valence-corrected chi connectivity index (χ2v) is 14.7. The van der Waals surface area contributed by atoms with Crippen molar-refractivity contribution in [2.24, 2.45) is 0 Å². The quantitative estimate of drug-likeness (QED) is 0.176. The monoisotopic (exact) mass is 741 g/mol. The van der Waals surface area contributed by atoms with Gasteiger partial charge in [0, 0.05) is 50.8 Å². The van der Waals surface area contributed by atoms with Crippen LogP contribution in [0.15, 0.2) is 193 Å². The van der Waals surface area contributed by atoms with Crippen molar-refractivity contribution in [2.45, 2.75) is 0 Å². The van der Waals surface area contributed by atoms with E-state index in [1.807, 2.05) is 24.4 Å². The highest BCUT2D eigenvalue weighted by Crippen LogP contribution is 2.38. The summed E-state index contributed by atoms with van der Waals surface area (Å²) in [5, 5.41) is 9.26. The molecule has 12 rings (SSSR count). The Hall–Kier alpha value is -7.96. The molecule has 6 heteroatoms. The SMILES string of the molecule is c1ccc2cc(-c3nc(-c4ccc(-c5ccc(-n6c7ccccc7c7c8ccccc8ccc76)cc5)cc4)nc(-c4cccc5c4oc4ccncc45)n3)ccc2c1. The number of rotatable bonds is 5. The molecule has 6 nitrogen and oxygen atoms in total. The van der Waals surface area contributed by atoms with Gasteiger partial charge in [-0.3, -0.25) is 4.98 Å². The molecule has 0 N–H and O–H groups in total. The largest absolute Gasteiger partial charge is 0.455 e. The van der Waals surface area contributed by atoms with Crippen LogP contribution in [-0.4, -0.2) is 24.5 Å². The summed E-state index contributed by atoms with van der Waals surface area (Å²) in [6.07, 6.45) is 3.58. The van der Waals surface area contributed by atoms with Gasteiger partial charge in [0.25, 0.3) is 0 Å². The third kappa shape index (κ3) is 5.12. The van der Waals surface area contributed by atoms with Gasteiger partial charge in [-0.05, 0) is 75.1 Å². The molecule has 0 spiro atoms.